The van der Waals surface area contributed by atoms with Crippen LogP contribution in [0.2, 0.25) is 0 Å². The number of unbranched alkanes of at least 4 members (excludes halogenated alkanes) is 2. The van der Waals surface area contributed by atoms with E-state index in [-0.39, 0.29) is 0 Å². The molecular formula is C14H29NOS. The summed E-state index contributed by atoms with van der Waals surface area (Å²) in [5, 5.41) is 3.61. The van der Waals surface area contributed by atoms with Crippen molar-refractivity contribution in [2.45, 2.75) is 64.5 Å². The van der Waals surface area contributed by atoms with E-state index in [1.165, 1.54) is 50.0 Å². The summed E-state index contributed by atoms with van der Waals surface area (Å²) in [6.07, 6.45) is 8.47. The maximum absolute atomic E-state index is 5.60. The van der Waals surface area contributed by atoms with Crippen molar-refractivity contribution in [1.82, 2.24) is 5.32 Å². The third-order valence-electron chi connectivity index (χ3n) is 3.31. The van der Waals surface area contributed by atoms with Crippen molar-refractivity contribution in [3.8, 4) is 0 Å². The first kappa shape index (κ1) is 15.3. The zero-order valence-electron chi connectivity index (χ0n) is 11.5. The van der Waals surface area contributed by atoms with Crippen LogP contribution in [-0.4, -0.2) is 36.8 Å². The van der Waals surface area contributed by atoms with Crippen molar-refractivity contribution in [2.24, 2.45) is 0 Å². The lowest BCUT2D eigenvalue weighted by Crippen LogP contribution is -2.28. The van der Waals surface area contributed by atoms with Gasteiger partial charge in [-0.3, -0.25) is 0 Å². The highest BCUT2D eigenvalue weighted by Gasteiger charge is 2.14. The largest absolute Gasteiger partial charge is 0.377 e. The summed E-state index contributed by atoms with van der Waals surface area (Å²) in [4.78, 5) is 0. The van der Waals surface area contributed by atoms with Gasteiger partial charge in [0.05, 0.1) is 6.10 Å². The first-order chi connectivity index (χ1) is 8.33. The van der Waals surface area contributed by atoms with Crippen molar-refractivity contribution in [1.29, 1.82) is 0 Å². The Morgan fingerprint density at radius 3 is 3.00 bits per heavy atom. The fourth-order valence-electron chi connectivity index (χ4n) is 2.17. The predicted octanol–water partition coefficient (Wildman–Crippen LogP) is 3.46. The van der Waals surface area contributed by atoms with Crippen LogP contribution >= 0.6 is 11.8 Å². The van der Waals surface area contributed by atoms with Crippen LogP contribution < -0.4 is 5.32 Å². The molecule has 0 aliphatic carbocycles. The molecule has 1 saturated heterocycles. The summed E-state index contributed by atoms with van der Waals surface area (Å²) < 4.78 is 5.60. The fraction of sp³-hybridized carbons (Fsp3) is 1.00. The summed E-state index contributed by atoms with van der Waals surface area (Å²) in [5.74, 6) is 2.41. The summed E-state index contributed by atoms with van der Waals surface area (Å²) in [6, 6.07) is 0.685. The van der Waals surface area contributed by atoms with Gasteiger partial charge in [-0.25, -0.2) is 0 Å². The SMILES string of the molecule is CCCCCC(C)NCCSCC1CCCO1. The first-order valence-electron chi connectivity index (χ1n) is 7.25. The predicted molar refractivity (Wildman–Crippen MR) is 77.9 cm³/mol. The van der Waals surface area contributed by atoms with Crippen LogP contribution in [0.25, 0.3) is 0 Å². The molecular weight excluding hydrogens is 230 g/mol. The molecule has 1 aliphatic rings. The van der Waals surface area contributed by atoms with E-state index in [9.17, 15) is 0 Å². The second-order valence-corrected chi connectivity index (χ2v) is 6.21. The zero-order chi connectivity index (χ0) is 12.3. The van der Waals surface area contributed by atoms with E-state index in [4.69, 9.17) is 4.74 Å². The second kappa shape index (κ2) is 10.2. The number of hydrogen-bond donors (Lipinski definition) is 1. The maximum Gasteiger partial charge on any atom is 0.0666 e. The zero-order valence-corrected chi connectivity index (χ0v) is 12.4. The highest BCUT2D eigenvalue weighted by molar-refractivity contribution is 7.99. The smallest absolute Gasteiger partial charge is 0.0666 e. The Bertz CT molecular complexity index is 172. The Balaban J connectivity index is 1.82. The molecule has 0 spiro atoms. The van der Waals surface area contributed by atoms with Gasteiger partial charge < -0.3 is 10.1 Å². The monoisotopic (exact) mass is 259 g/mol. The number of ether oxygens (including phenoxy) is 1. The van der Waals surface area contributed by atoms with Gasteiger partial charge in [-0.15, -0.1) is 0 Å². The quantitative estimate of drug-likeness (QED) is 0.607. The van der Waals surface area contributed by atoms with Gasteiger partial charge in [0, 0.05) is 30.7 Å². The van der Waals surface area contributed by atoms with Crippen molar-refractivity contribution < 1.29 is 4.74 Å². The van der Waals surface area contributed by atoms with Gasteiger partial charge in [-0.05, 0) is 26.2 Å². The van der Waals surface area contributed by atoms with Crippen molar-refractivity contribution >= 4 is 11.8 Å². The molecule has 1 heterocycles. The van der Waals surface area contributed by atoms with Crippen molar-refractivity contribution in [3.05, 3.63) is 0 Å². The Hall–Kier alpha value is 0.270. The first-order valence-corrected chi connectivity index (χ1v) is 8.41. The highest BCUT2D eigenvalue weighted by Crippen LogP contribution is 2.16. The number of thioether (sulfide) groups is 1. The van der Waals surface area contributed by atoms with E-state index in [0.717, 1.165) is 13.2 Å². The van der Waals surface area contributed by atoms with E-state index >= 15 is 0 Å². The summed E-state index contributed by atoms with van der Waals surface area (Å²) in [6.45, 7) is 6.70. The summed E-state index contributed by atoms with van der Waals surface area (Å²) >= 11 is 2.03. The van der Waals surface area contributed by atoms with Gasteiger partial charge >= 0.3 is 0 Å². The van der Waals surface area contributed by atoms with Crippen molar-refractivity contribution in [3.63, 3.8) is 0 Å². The number of rotatable bonds is 10. The number of nitrogens with one attached hydrogen (secondary N) is 1. The normalized spacial score (nSPS) is 21.9. The molecule has 2 nitrogen and oxygen atoms in total. The lowest BCUT2D eigenvalue weighted by atomic mass is 10.1. The van der Waals surface area contributed by atoms with Gasteiger partial charge in [0.1, 0.15) is 0 Å². The molecule has 0 bridgehead atoms. The molecule has 17 heavy (non-hydrogen) atoms. The minimum atomic E-state index is 0.543. The Labute approximate surface area is 111 Å². The van der Waals surface area contributed by atoms with Crippen LogP contribution in [-0.2, 0) is 4.74 Å². The van der Waals surface area contributed by atoms with E-state index in [1.54, 1.807) is 0 Å². The van der Waals surface area contributed by atoms with Gasteiger partial charge in [0.15, 0.2) is 0 Å². The molecule has 2 atom stereocenters. The van der Waals surface area contributed by atoms with Crippen LogP contribution in [0, 0.1) is 0 Å². The lowest BCUT2D eigenvalue weighted by molar-refractivity contribution is 0.129. The maximum atomic E-state index is 5.60. The molecule has 0 aromatic rings. The Kier molecular flexibility index (Phi) is 9.21. The average Bonchev–Trinajstić information content (AvgIpc) is 2.82. The van der Waals surface area contributed by atoms with Gasteiger partial charge in [0.25, 0.3) is 0 Å². The van der Waals surface area contributed by atoms with Crippen LogP contribution in [0.4, 0.5) is 0 Å². The van der Waals surface area contributed by atoms with E-state index < -0.39 is 0 Å². The third-order valence-corrected chi connectivity index (χ3v) is 4.41. The topological polar surface area (TPSA) is 21.3 Å². The Morgan fingerprint density at radius 1 is 1.41 bits per heavy atom. The Morgan fingerprint density at radius 2 is 2.29 bits per heavy atom. The minimum Gasteiger partial charge on any atom is -0.377 e. The van der Waals surface area contributed by atoms with Crippen LogP contribution in [0.1, 0.15) is 52.4 Å². The molecule has 0 saturated carbocycles. The van der Waals surface area contributed by atoms with Gasteiger partial charge in [0.2, 0.25) is 0 Å². The number of hydrogen-bond acceptors (Lipinski definition) is 3. The molecule has 1 fully saturated rings. The lowest BCUT2D eigenvalue weighted by Gasteiger charge is -2.14. The molecule has 102 valence electrons. The van der Waals surface area contributed by atoms with E-state index in [1.807, 2.05) is 11.8 Å². The molecule has 1 N–H and O–H groups in total. The van der Waals surface area contributed by atoms with Crippen LogP contribution in [0.3, 0.4) is 0 Å². The molecule has 1 rings (SSSR count). The summed E-state index contributed by atoms with van der Waals surface area (Å²) in [7, 11) is 0. The van der Waals surface area contributed by atoms with Gasteiger partial charge in [-0.1, -0.05) is 26.2 Å². The highest BCUT2D eigenvalue weighted by atomic mass is 32.2. The average molecular weight is 259 g/mol. The van der Waals surface area contributed by atoms with Crippen LogP contribution in [0.15, 0.2) is 0 Å². The molecule has 1 aliphatic heterocycles. The molecule has 0 amide bonds. The molecule has 0 aromatic heterocycles. The molecule has 3 heteroatoms. The minimum absolute atomic E-state index is 0.543. The second-order valence-electron chi connectivity index (χ2n) is 5.06. The van der Waals surface area contributed by atoms with Crippen LogP contribution in [0.5, 0.6) is 0 Å². The third kappa shape index (κ3) is 8.06. The fourth-order valence-corrected chi connectivity index (χ4v) is 3.13. The van der Waals surface area contributed by atoms with E-state index in [2.05, 4.69) is 19.2 Å². The van der Waals surface area contributed by atoms with Gasteiger partial charge in [-0.2, -0.15) is 11.8 Å². The van der Waals surface area contributed by atoms with E-state index in [0.29, 0.717) is 12.1 Å². The molecule has 0 aromatic carbocycles. The summed E-state index contributed by atoms with van der Waals surface area (Å²) in [5.41, 5.74) is 0. The standard InChI is InChI=1S/C14H29NOS/c1-3-4-5-7-13(2)15-9-11-17-12-14-8-6-10-16-14/h13-15H,3-12H2,1-2H3. The molecule has 0 radical (unpaired) electrons. The van der Waals surface area contributed by atoms with Crippen molar-refractivity contribution in [2.75, 3.05) is 24.7 Å². The molecule has 2 unspecified atom stereocenters.